The second kappa shape index (κ2) is 9.05. The standard InChI is InChI=1S/C15H28O9Si2/c1-14(22-16)11-15(2,23-17)26(8-4-6-19-13-10-21-13)24-25(14)7-3-5-18-12-9-20-12/h12-13,16-17H,3-11H2,1-2H3. The van der Waals surface area contributed by atoms with E-state index in [1.54, 1.807) is 0 Å². The van der Waals surface area contributed by atoms with Gasteiger partial charge in [-0.05, 0) is 38.8 Å². The Balaban J connectivity index is 1.52. The van der Waals surface area contributed by atoms with Crippen molar-refractivity contribution in [2.45, 2.75) is 68.2 Å². The van der Waals surface area contributed by atoms with Crippen LogP contribution in [0.2, 0.25) is 12.1 Å². The van der Waals surface area contributed by atoms with Crippen LogP contribution >= 0.6 is 0 Å². The van der Waals surface area contributed by atoms with E-state index in [0.717, 1.165) is 24.9 Å². The fourth-order valence-corrected chi connectivity index (χ4v) is 10.3. The van der Waals surface area contributed by atoms with Crippen LogP contribution in [-0.4, -0.2) is 78.1 Å². The minimum atomic E-state index is -1.49. The van der Waals surface area contributed by atoms with Gasteiger partial charge in [-0.2, -0.15) is 0 Å². The van der Waals surface area contributed by atoms with Crippen LogP contribution in [0.25, 0.3) is 0 Å². The molecule has 3 saturated heterocycles. The topological polar surface area (TPSA) is 112 Å². The van der Waals surface area contributed by atoms with E-state index < -0.39 is 28.5 Å². The third-order valence-corrected chi connectivity index (χ3v) is 11.3. The quantitative estimate of drug-likeness (QED) is 0.163. The van der Waals surface area contributed by atoms with Gasteiger partial charge < -0.3 is 23.1 Å². The molecule has 0 aromatic heterocycles. The molecule has 0 aromatic carbocycles. The average Bonchev–Trinajstić information content (AvgIpc) is 3.53. The predicted molar refractivity (Wildman–Crippen MR) is 91.7 cm³/mol. The summed E-state index contributed by atoms with van der Waals surface area (Å²) in [5, 5.41) is 17.3. The Kier molecular flexibility index (Phi) is 7.24. The van der Waals surface area contributed by atoms with E-state index in [1.807, 2.05) is 13.8 Å². The molecule has 0 spiro atoms. The van der Waals surface area contributed by atoms with Gasteiger partial charge in [-0.15, -0.1) is 0 Å². The maximum Gasteiger partial charge on any atom is 0.236 e. The zero-order valence-electron chi connectivity index (χ0n) is 15.3. The zero-order valence-corrected chi connectivity index (χ0v) is 17.3. The van der Waals surface area contributed by atoms with Gasteiger partial charge in [0.25, 0.3) is 0 Å². The number of hydrogen-bond acceptors (Lipinski definition) is 9. The maximum absolute atomic E-state index is 9.51. The van der Waals surface area contributed by atoms with Crippen molar-refractivity contribution < 1.29 is 43.4 Å². The van der Waals surface area contributed by atoms with Gasteiger partial charge in [-0.3, -0.25) is 10.5 Å². The highest BCUT2D eigenvalue weighted by atomic mass is 28.4. The van der Waals surface area contributed by atoms with Crippen molar-refractivity contribution in [3.8, 4) is 0 Å². The molecule has 150 valence electrons. The van der Waals surface area contributed by atoms with Crippen molar-refractivity contribution in [1.29, 1.82) is 0 Å². The maximum atomic E-state index is 9.51. The minimum absolute atomic E-state index is 0.0545. The molecule has 2 radical (unpaired) electrons. The summed E-state index contributed by atoms with van der Waals surface area (Å²) in [6, 6.07) is 1.55. The van der Waals surface area contributed by atoms with Crippen molar-refractivity contribution in [3.63, 3.8) is 0 Å². The first-order valence-corrected chi connectivity index (χ1v) is 12.2. The number of epoxide rings is 2. The monoisotopic (exact) mass is 408 g/mol. The Morgan fingerprint density at radius 2 is 1.31 bits per heavy atom. The molecule has 0 saturated carbocycles. The molecule has 3 aliphatic heterocycles. The molecule has 2 N–H and O–H groups in total. The summed E-state index contributed by atoms with van der Waals surface area (Å²) >= 11 is 0. The van der Waals surface area contributed by atoms with E-state index in [9.17, 15) is 10.5 Å². The van der Waals surface area contributed by atoms with Crippen LogP contribution in [0, 0.1) is 0 Å². The summed E-state index contributed by atoms with van der Waals surface area (Å²) in [4.78, 5) is 9.66. The van der Waals surface area contributed by atoms with Crippen LogP contribution in [0.5, 0.6) is 0 Å². The van der Waals surface area contributed by atoms with Crippen molar-refractivity contribution in [2.75, 3.05) is 26.4 Å². The third-order valence-electron chi connectivity index (χ3n) is 4.81. The molecule has 3 heterocycles. The smallest absolute Gasteiger partial charge is 0.236 e. The molecular formula is C15H28O9Si2. The minimum Gasteiger partial charge on any atom is -0.452 e. The molecule has 3 fully saturated rings. The normalized spacial score (nSPS) is 37.8. The molecule has 0 amide bonds. The molecule has 26 heavy (non-hydrogen) atoms. The number of ether oxygens (including phenoxy) is 4. The van der Waals surface area contributed by atoms with Crippen LogP contribution < -0.4 is 0 Å². The molecule has 3 rings (SSSR count). The van der Waals surface area contributed by atoms with Crippen molar-refractivity contribution in [1.82, 2.24) is 0 Å². The van der Waals surface area contributed by atoms with Gasteiger partial charge in [-0.1, -0.05) is 0 Å². The van der Waals surface area contributed by atoms with E-state index in [1.165, 1.54) is 0 Å². The van der Waals surface area contributed by atoms with Crippen molar-refractivity contribution in [2.24, 2.45) is 0 Å². The molecule has 3 aliphatic rings. The fourth-order valence-electron chi connectivity index (χ4n) is 3.17. The number of rotatable bonds is 12. The Labute approximate surface area is 156 Å². The van der Waals surface area contributed by atoms with E-state index in [0.29, 0.717) is 32.8 Å². The summed E-state index contributed by atoms with van der Waals surface area (Å²) in [5.74, 6) is 0. The SMILES string of the molecule is CC1(OO)CC(C)(OO)[Si](CCCOC2CO2)O[Si]1CCCOC1CO1. The fraction of sp³-hybridized carbons (Fsp3) is 1.00. The first-order valence-electron chi connectivity index (χ1n) is 9.01. The summed E-state index contributed by atoms with van der Waals surface area (Å²) in [7, 11) is -2.97. The van der Waals surface area contributed by atoms with Crippen molar-refractivity contribution >= 4 is 18.1 Å². The summed E-state index contributed by atoms with van der Waals surface area (Å²) < 4.78 is 27.4. The van der Waals surface area contributed by atoms with Gasteiger partial charge in [0.15, 0.2) is 12.6 Å². The average molecular weight is 409 g/mol. The molecule has 4 atom stereocenters. The Morgan fingerprint density at radius 1 is 0.885 bits per heavy atom. The van der Waals surface area contributed by atoms with Gasteiger partial charge in [0, 0.05) is 19.6 Å². The Bertz CT molecular complexity index is 413. The molecule has 0 aliphatic carbocycles. The van der Waals surface area contributed by atoms with E-state index >= 15 is 0 Å². The van der Waals surface area contributed by atoms with Gasteiger partial charge in [0.2, 0.25) is 18.1 Å². The first kappa shape index (κ1) is 20.8. The first-order chi connectivity index (χ1) is 12.5. The summed E-state index contributed by atoms with van der Waals surface area (Å²) in [6.07, 6.45) is 1.89. The highest BCUT2D eigenvalue weighted by Gasteiger charge is 2.56. The molecule has 9 nitrogen and oxygen atoms in total. The van der Waals surface area contributed by atoms with Crippen LogP contribution in [0.3, 0.4) is 0 Å². The molecular weight excluding hydrogens is 380 g/mol. The van der Waals surface area contributed by atoms with E-state index in [4.69, 9.17) is 32.8 Å². The second-order valence-corrected chi connectivity index (χ2v) is 12.9. The number of hydrogen-bond donors (Lipinski definition) is 2. The zero-order chi connectivity index (χ0) is 18.6. The van der Waals surface area contributed by atoms with Crippen LogP contribution in [0.15, 0.2) is 0 Å². The third kappa shape index (κ3) is 5.55. The van der Waals surface area contributed by atoms with E-state index in [2.05, 4.69) is 0 Å². The van der Waals surface area contributed by atoms with Crippen LogP contribution in [-0.2, 0) is 32.8 Å². The lowest BCUT2D eigenvalue weighted by atomic mass is 10.2. The molecule has 4 unspecified atom stereocenters. The predicted octanol–water partition coefficient (Wildman–Crippen LogP) is 1.49. The Hall–Kier alpha value is 0.0738. The lowest BCUT2D eigenvalue weighted by Crippen LogP contribution is -2.65. The molecule has 0 aromatic rings. The lowest BCUT2D eigenvalue weighted by Gasteiger charge is -2.48. The highest BCUT2D eigenvalue weighted by molar-refractivity contribution is 6.71. The van der Waals surface area contributed by atoms with Gasteiger partial charge >= 0.3 is 0 Å². The molecule has 11 heteroatoms. The lowest BCUT2D eigenvalue weighted by molar-refractivity contribution is -0.337. The highest BCUT2D eigenvalue weighted by Crippen LogP contribution is 2.39. The Morgan fingerprint density at radius 3 is 1.65 bits per heavy atom. The largest absolute Gasteiger partial charge is 0.452 e. The summed E-state index contributed by atoms with van der Waals surface area (Å²) in [5.41, 5.74) is 0. The van der Waals surface area contributed by atoms with Gasteiger partial charge in [0.05, 0.1) is 0 Å². The van der Waals surface area contributed by atoms with Crippen molar-refractivity contribution in [3.05, 3.63) is 0 Å². The van der Waals surface area contributed by atoms with E-state index in [-0.39, 0.29) is 12.6 Å². The molecule has 0 bridgehead atoms. The summed E-state index contributed by atoms with van der Waals surface area (Å²) in [6.45, 7) is 6.15. The van der Waals surface area contributed by atoms with Gasteiger partial charge in [-0.25, -0.2) is 9.78 Å². The van der Waals surface area contributed by atoms with Crippen LogP contribution in [0.4, 0.5) is 0 Å². The van der Waals surface area contributed by atoms with Crippen LogP contribution in [0.1, 0.15) is 33.1 Å². The van der Waals surface area contributed by atoms with Gasteiger partial charge in [0.1, 0.15) is 23.7 Å². The second-order valence-electron chi connectivity index (χ2n) is 7.24.